The molecular weight excluding hydrogens is 442 g/mol. The number of carbonyl (C=O) groups is 1. The summed E-state index contributed by atoms with van der Waals surface area (Å²) in [6, 6.07) is 12.2. The number of nitrogens with one attached hydrogen (secondary N) is 1. The number of thiophene rings is 1. The lowest BCUT2D eigenvalue weighted by Gasteiger charge is -2.16. The number of fused-ring (bicyclic) bond motifs is 1. The van der Waals surface area contributed by atoms with Gasteiger partial charge in [0.25, 0.3) is 5.91 Å². The number of nitrogens with zero attached hydrogens (tertiary/aromatic N) is 2. The zero-order chi connectivity index (χ0) is 23.7. The molecule has 0 saturated carbocycles. The van der Waals surface area contributed by atoms with E-state index in [4.69, 9.17) is 9.47 Å². The maximum absolute atomic E-state index is 12.9. The fourth-order valence-electron chi connectivity index (χ4n) is 3.46. The highest BCUT2D eigenvalue weighted by Gasteiger charge is 2.18. The molecular formula is C24H23N3O5S. The van der Waals surface area contributed by atoms with E-state index in [1.54, 1.807) is 36.4 Å². The van der Waals surface area contributed by atoms with Crippen molar-refractivity contribution in [3.8, 4) is 17.2 Å². The minimum Gasteiger partial charge on any atom is -0.494 e. The zero-order valence-corrected chi connectivity index (χ0v) is 19.5. The van der Waals surface area contributed by atoms with Gasteiger partial charge in [0, 0.05) is 20.2 Å². The van der Waals surface area contributed by atoms with Crippen LogP contribution < -0.4 is 25.9 Å². The van der Waals surface area contributed by atoms with Crippen LogP contribution in [0, 0.1) is 6.92 Å². The highest BCUT2D eigenvalue weighted by Crippen LogP contribution is 2.34. The van der Waals surface area contributed by atoms with E-state index in [1.807, 2.05) is 25.3 Å². The van der Waals surface area contributed by atoms with Gasteiger partial charge in [-0.3, -0.25) is 14.4 Å². The normalized spacial score (nSPS) is 10.9. The number of anilines is 1. The quantitative estimate of drug-likeness (QED) is 0.434. The Bertz CT molecular complexity index is 1460. The van der Waals surface area contributed by atoms with E-state index in [0.29, 0.717) is 45.5 Å². The third-order valence-corrected chi connectivity index (χ3v) is 6.29. The monoisotopic (exact) mass is 465 g/mol. The molecule has 0 atom stereocenters. The van der Waals surface area contributed by atoms with Crippen molar-refractivity contribution in [2.24, 2.45) is 14.1 Å². The van der Waals surface area contributed by atoms with E-state index >= 15 is 0 Å². The SMILES string of the molecule is CCOc1ccc(Oc2cc3c(cc2NC(=O)c2sccc2C)n(C)c(=O)c(=O)n3C)cc1. The molecule has 0 saturated heterocycles. The van der Waals surface area contributed by atoms with Crippen molar-refractivity contribution >= 4 is 34.0 Å². The Morgan fingerprint density at radius 1 is 0.970 bits per heavy atom. The molecule has 4 rings (SSSR count). The van der Waals surface area contributed by atoms with Gasteiger partial charge in [-0.2, -0.15) is 0 Å². The highest BCUT2D eigenvalue weighted by molar-refractivity contribution is 7.12. The lowest BCUT2D eigenvalue weighted by molar-refractivity contribution is 0.102. The van der Waals surface area contributed by atoms with Crippen molar-refractivity contribution in [3.63, 3.8) is 0 Å². The number of aromatic nitrogens is 2. The number of hydrogen-bond acceptors (Lipinski definition) is 6. The number of aryl methyl sites for hydroxylation is 3. The third kappa shape index (κ3) is 4.27. The molecule has 0 bridgehead atoms. The number of carbonyl (C=O) groups excluding carboxylic acids is 1. The van der Waals surface area contributed by atoms with Gasteiger partial charge >= 0.3 is 11.1 Å². The third-order valence-electron chi connectivity index (χ3n) is 5.27. The van der Waals surface area contributed by atoms with Crippen LogP contribution in [-0.2, 0) is 14.1 Å². The zero-order valence-electron chi connectivity index (χ0n) is 18.7. The van der Waals surface area contributed by atoms with Crippen molar-refractivity contribution in [2.75, 3.05) is 11.9 Å². The van der Waals surface area contributed by atoms with Crippen molar-refractivity contribution in [1.29, 1.82) is 0 Å². The van der Waals surface area contributed by atoms with Crippen molar-refractivity contribution < 1.29 is 14.3 Å². The number of amides is 1. The summed E-state index contributed by atoms with van der Waals surface area (Å²) in [4.78, 5) is 38.2. The van der Waals surface area contributed by atoms with Crippen molar-refractivity contribution in [3.05, 3.63) is 79.0 Å². The van der Waals surface area contributed by atoms with E-state index in [-0.39, 0.29) is 5.91 Å². The first-order valence-electron chi connectivity index (χ1n) is 10.3. The fourth-order valence-corrected chi connectivity index (χ4v) is 4.29. The van der Waals surface area contributed by atoms with Crippen LogP contribution in [0.3, 0.4) is 0 Å². The Labute approximate surface area is 193 Å². The van der Waals surface area contributed by atoms with Crippen LogP contribution in [-0.4, -0.2) is 21.6 Å². The Morgan fingerprint density at radius 2 is 1.58 bits per heavy atom. The predicted octanol–water partition coefficient (Wildman–Crippen LogP) is 4.05. The molecule has 0 aliphatic carbocycles. The number of rotatable bonds is 6. The summed E-state index contributed by atoms with van der Waals surface area (Å²) in [5, 5.41) is 4.75. The Morgan fingerprint density at radius 3 is 2.15 bits per heavy atom. The van der Waals surface area contributed by atoms with Crippen LogP contribution in [0.5, 0.6) is 17.2 Å². The average molecular weight is 466 g/mol. The molecule has 2 aromatic heterocycles. The van der Waals surface area contributed by atoms with Crippen LogP contribution in [0.1, 0.15) is 22.2 Å². The van der Waals surface area contributed by atoms with Crippen LogP contribution in [0.2, 0.25) is 0 Å². The number of hydrogen-bond donors (Lipinski definition) is 1. The Hall–Kier alpha value is -3.85. The first-order valence-corrected chi connectivity index (χ1v) is 11.2. The smallest absolute Gasteiger partial charge is 0.316 e. The molecule has 0 spiro atoms. The highest BCUT2D eigenvalue weighted by atomic mass is 32.1. The van der Waals surface area contributed by atoms with Crippen LogP contribution >= 0.6 is 11.3 Å². The van der Waals surface area contributed by atoms with Gasteiger partial charge in [-0.05, 0) is 61.2 Å². The van der Waals surface area contributed by atoms with Gasteiger partial charge in [-0.15, -0.1) is 11.3 Å². The minimum absolute atomic E-state index is 0.284. The minimum atomic E-state index is -0.656. The van der Waals surface area contributed by atoms with Crippen LogP contribution in [0.25, 0.3) is 11.0 Å². The molecule has 1 amide bonds. The molecule has 4 aromatic rings. The Balaban J connectivity index is 1.83. The van der Waals surface area contributed by atoms with E-state index in [9.17, 15) is 14.4 Å². The standard InChI is InChI=1S/C24H23N3O5S/c1-5-31-15-6-8-16(9-7-15)32-20-13-19-18(26(3)23(29)24(30)27(19)4)12-17(20)25-22(28)21-14(2)10-11-33-21/h6-13H,5H2,1-4H3,(H,25,28). The van der Waals surface area contributed by atoms with E-state index in [1.165, 1.54) is 34.6 Å². The topological polar surface area (TPSA) is 91.6 Å². The summed E-state index contributed by atoms with van der Waals surface area (Å²) in [7, 11) is 3.05. The summed E-state index contributed by atoms with van der Waals surface area (Å²) in [6.45, 7) is 4.32. The van der Waals surface area contributed by atoms with Gasteiger partial charge < -0.3 is 23.9 Å². The lowest BCUT2D eigenvalue weighted by atomic mass is 10.2. The number of ether oxygens (including phenoxy) is 2. The predicted molar refractivity (Wildman–Crippen MR) is 129 cm³/mol. The molecule has 0 aliphatic rings. The summed E-state index contributed by atoms with van der Waals surface area (Å²) in [5.74, 6) is 1.29. The summed E-state index contributed by atoms with van der Waals surface area (Å²) in [5.41, 5.74) is 0.914. The van der Waals surface area contributed by atoms with Crippen molar-refractivity contribution in [2.45, 2.75) is 13.8 Å². The molecule has 0 aliphatic heterocycles. The molecule has 2 heterocycles. The van der Waals surface area contributed by atoms with Gasteiger partial charge in [0.2, 0.25) is 0 Å². The first-order chi connectivity index (χ1) is 15.8. The summed E-state index contributed by atoms with van der Waals surface area (Å²) >= 11 is 1.34. The second kappa shape index (κ2) is 8.95. The molecule has 9 heteroatoms. The first kappa shape index (κ1) is 22.3. The number of benzene rings is 2. The molecule has 0 fully saturated rings. The Kier molecular flexibility index (Phi) is 6.06. The molecule has 170 valence electrons. The van der Waals surface area contributed by atoms with Gasteiger partial charge in [-0.25, -0.2) is 0 Å². The molecule has 33 heavy (non-hydrogen) atoms. The van der Waals surface area contributed by atoms with Gasteiger partial charge in [-0.1, -0.05) is 0 Å². The molecule has 8 nitrogen and oxygen atoms in total. The average Bonchev–Trinajstić information content (AvgIpc) is 3.24. The molecule has 2 aromatic carbocycles. The van der Waals surface area contributed by atoms with Gasteiger partial charge in [0.15, 0.2) is 5.75 Å². The molecule has 0 unspecified atom stereocenters. The van der Waals surface area contributed by atoms with E-state index in [2.05, 4.69) is 5.32 Å². The summed E-state index contributed by atoms with van der Waals surface area (Å²) < 4.78 is 14.1. The van der Waals surface area contributed by atoms with Gasteiger partial charge in [0.1, 0.15) is 11.5 Å². The second-order valence-corrected chi connectivity index (χ2v) is 8.37. The van der Waals surface area contributed by atoms with E-state index < -0.39 is 11.1 Å². The molecule has 0 radical (unpaired) electrons. The van der Waals surface area contributed by atoms with Crippen LogP contribution in [0.4, 0.5) is 5.69 Å². The summed E-state index contributed by atoms with van der Waals surface area (Å²) in [6.07, 6.45) is 0. The lowest BCUT2D eigenvalue weighted by Crippen LogP contribution is -2.39. The van der Waals surface area contributed by atoms with E-state index in [0.717, 1.165) is 5.56 Å². The second-order valence-electron chi connectivity index (χ2n) is 7.46. The van der Waals surface area contributed by atoms with Crippen molar-refractivity contribution in [1.82, 2.24) is 9.13 Å². The van der Waals surface area contributed by atoms with Crippen LogP contribution in [0.15, 0.2) is 57.4 Å². The van der Waals surface area contributed by atoms with Gasteiger partial charge in [0.05, 0.1) is 28.2 Å². The maximum Gasteiger partial charge on any atom is 0.316 e. The largest absolute Gasteiger partial charge is 0.494 e. The maximum atomic E-state index is 12.9. The molecule has 1 N–H and O–H groups in total. The fraction of sp³-hybridized carbons (Fsp3) is 0.208.